The van der Waals surface area contributed by atoms with Crippen molar-refractivity contribution < 1.29 is 0 Å². The van der Waals surface area contributed by atoms with E-state index in [1.807, 2.05) is 24.4 Å². The largest absolute Gasteiger partial charge is 0.341 e. The molecule has 2 N–H and O–H groups in total. The lowest BCUT2D eigenvalue weighted by Gasteiger charge is -2.31. The number of likely N-dealkylation sites (N-methyl/N-ethyl adjacent to an activating group) is 1. The highest BCUT2D eigenvalue weighted by atomic mass is 79.9. The Morgan fingerprint density at radius 3 is 3.00 bits per heavy atom. The Kier molecular flexibility index (Phi) is 3.68. The van der Waals surface area contributed by atoms with E-state index in [1.54, 1.807) is 0 Å². The van der Waals surface area contributed by atoms with Crippen molar-refractivity contribution in [2.24, 2.45) is 0 Å². The third-order valence-electron chi connectivity index (χ3n) is 3.59. The first-order valence-corrected chi connectivity index (χ1v) is 7.26. The SMILES string of the molecule is CN1CCNCC1c1ncc(-c2ccccc2Br)[nH]1. The van der Waals surface area contributed by atoms with E-state index in [9.17, 15) is 0 Å². The number of benzene rings is 1. The number of aromatic nitrogens is 2. The maximum absolute atomic E-state index is 4.55. The maximum atomic E-state index is 4.55. The van der Waals surface area contributed by atoms with E-state index in [0.717, 1.165) is 41.2 Å². The lowest BCUT2D eigenvalue weighted by molar-refractivity contribution is 0.195. The molecule has 2 heterocycles. The summed E-state index contributed by atoms with van der Waals surface area (Å²) in [4.78, 5) is 10.3. The predicted molar refractivity (Wildman–Crippen MR) is 80.0 cm³/mol. The molecule has 1 aliphatic heterocycles. The average molecular weight is 321 g/mol. The van der Waals surface area contributed by atoms with Gasteiger partial charge in [-0.1, -0.05) is 34.1 Å². The van der Waals surface area contributed by atoms with Crippen LogP contribution in [0.2, 0.25) is 0 Å². The molecule has 0 spiro atoms. The van der Waals surface area contributed by atoms with Crippen molar-refractivity contribution in [3.05, 3.63) is 40.8 Å². The van der Waals surface area contributed by atoms with E-state index in [1.165, 1.54) is 0 Å². The fourth-order valence-electron chi connectivity index (χ4n) is 2.43. The van der Waals surface area contributed by atoms with Gasteiger partial charge < -0.3 is 10.3 Å². The Morgan fingerprint density at radius 1 is 1.37 bits per heavy atom. The number of imidazole rings is 1. The smallest absolute Gasteiger partial charge is 0.125 e. The molecule has 0 saturated carbocycles. The van der Waals surface area contributed by atoms with Gasteiger partial charge in [0.2, 0.25) is 0 Å². The second-order valence-corrected chi connectivity index (χ2v) is 5.72. The first-order chi connectivity index (χ1) is 9.25. The van der Waals surface area contributed by atoms with Crippen LogP contribution < -0.4 is 5.32 Å². The average Bonchev–Trinajstić information content (AvgIpc) is 2.89. The Hall–Kier alpha value is -1.17. The Bertz CT molecular complexity index is 566. The molecular weight excluding hydrogens is 304 g/mol. The number of piperazine rings is 1. The number of hydrogen-bond acceptors (Lipinski definition) is 3. The molecule has 0 radical (unpaired) electrons. The Balaban J connectivity index is 1.89. The zero-order valence-electron chi connectivity index (χ0n) is 10.9. The van der Waals surface area contributed by atoms with Gasteiger partial charge in [0.05, 0.1) is 17.9 Å². The molecule has 100 valence electrons. The number of halogens is 1. The number of nitrogens with zero attached hydrogens (tertiary/aromatic N) is 2. The van der Waals surface area contributed by atoms with Gasteiger partial charge in [-0.2, -0.15) is 0 Å². The summed E-state index contributed by atoms with van der Waals surface area (Å²) >= 11 is 3.58. The number of aromatic amines is 1. The summed E-state index contributed by atoms with van der Waals surface area (Å²) in [5.74, 6) is 1.03. The Labute approximate surface area is 121 Å². The van der Waals surface area contributed by atoms with Crippen LogP contribution in [0.3, 0.4) is 0 Å². The van der Waals surface area contributed by atoms with Crippen molar-refractivity contribution in [3.8, 4) is 11.3 Å². The van der Waals surface area contributed by atoms with Crippen LogP contribution in [0.25, 0.3) is 11.3 Å². The van der Waals surface area contributed by atoms with Gasteiger partial charge in [0.15, 0.2) is 0 Å². The van der Waals surface area contributed by atoms with Crippen molar-refractivity contribution in [1.82, 2.24) is 20.2 Å². The number of nitrogens with one attached hydrogen (secondary N) is 2. The molecule has 0 amide bonds. The summed E-state index contributed by atoms with van der Waals surface area (Å²) in [6.07, 6.45) is 1.91. The van der Waals surface area contributed by atoms with Gasteiger partial charge in [0.1, 0.15) is 5.82 Å². The second kappa shape index (κ2) is 5.45. The van der Waals surface area contributed by atoms with E-state index in [4.69, 9.17) is 0 Å². The standard InChI is InChI=1S/C14H17BrN4/c1-19-7-6-16-9-13(19)14-17-8-12(18-14)10-4-2-3-5-11(10)15/h2-5,8,13,16H,6-7,9H2,1H3,(H,17,18). The minimum absolute atomic E-state index is 0.324. The van der Waals surface area contributed by atoms with Gasteiger partial charge in [-0.25, -0.2) is 4.98 Å². The molecule has 0 bridgehead atoms. The molecular formula is C14H17BrN4. The van der Waals surface area contributed by atoms with E-state index in [0.29, 0.717) is 6.04 Å². The molecule has 3 rings (SSSR count). The number of hydrogen-bond donors (Lipinski definition) is 2. The molecule has 1 aliphatic rings. The van der Waals surface area contributed by atoms with Gasteiger partial charge >= 0.3 is 0 Å². The molecule has 1 aromatic carbocycles. The highest BCUT2D eigenvalue weighted by molar-refractivity contribution is 9.10. The third-order valence-corrected chi connectivity index (χ3v) is 4.28. The lowest BCUT2D eigenvalue weighted by Crippen LogP contribution is -2.44. The second-order valence-electron chi connectivity index (χ2n) is 4.86. The molecule has 1 atom stereocenters. The highest BCUT2D eigenvalue weighted by Gasteiger charge is 2.23. The topological polar surface area (TPSA) is 44.0 Å². The van der Waals surface area contributed by atoms with Crippen molar-refractivity contribution >= 4 is 15.9 Å². The van der Waals surface area contributed by atoms with Crippen LogP contribution in [-0.2, 0) is 0 Å². The summed E-state index contributed by atoms with van der Waals surface area (Å²) in [5.41, 5.74) is 2.20. The van der Waals surface area contributed by atoms with E-state index in [2.05, 4.69) is 49.2 Å². The van der Waals surface area contributed by atoms with E-state index < -0.39 is 0 Å². The first kappa shape index (κ1) is 12.8. The molecule has 1 saturated heterocycles. The quantitative estimate of drug-likeness (QED) is 0.893. The predicted octanol–water partition coefficient (Wildman–Crippen LogP) is 2.42. The Morgan fingerprint density at radius 2 is 2.21 bits per heavy atom. The van der Waals surface area contributed by atoms with Crippen LogP contribution in [0.5, 0.6) is 0 Å². The van der Waals surface area contributed by atoms with Crippen molar-refractivity contribution in [3.63, 3.8) is 0 Å². The summed E-state index contributed by atoms with van der Waals surface area (Å²) in [7, 11) is 2.14. The molecule has 0 aliphatic carbocycles. The lowest BCUT2D eigenvalue weighted by atomic mass is 10.2. The normalized spacial score (nSPS) is 20.6. The highest BCUT2D eigenvalue weighted by Crippen LogP contribution is 2.28. The molecule has 1 fully saturated rings. The molecule has 19 heavy (non-hydrogen) atoms. The van der Waals surface area contributed by atoms with Crippen LogP contribution in [0.1, 0.15) is 11.9 Å². The molecule has 5 heteroatoms. The minimum Gasteiger partial charge on any atom is -0.341 e. The number of rotatable bonds is 2. The minimum atomic E-state index is 0.324. The maximum Gasteiger partial charge on any atom is 0.125 e. The van der Waals surface area contributed by atoms with Crippen molar-refractivity contribution in [2.75, 3.05) is 26.7 Å². The van der Waals surface area contributed by atoms with Crippen molar-refractivity contribution in [2.45, 2.75) is 6.04 Å². The molecule has 2 aromatic rings. The van der Waals surface area contributed by atoms with E-state index >= 15 is 0 Å². The zero-order chi connectivity index (χ0) is 13.2. The van der Waals surface area contributed by atoms with Crippen LogP contribution in [0.4, 0.5) is 0 Å². The fraction of sp³-hybridized carbons (Fsp3) is 0.357. The van der Waals surface area contributed by atoms with Crippen LogP contribution in [0.15, 0.2) is 34.9 Å². The summed E-state index contributed by atoms with van der Waals surface area (Å²) < 4.78 is 1.08. The summed E-state index contributed by atoms with van der Waals surface area (Å²) in [5, 5.41) is 3.41. The van der Waals surface area contributed by atoms with Gasteiger partial charge in [0.25, 0.3) is 0 Å². The van der Waals surface area contributed by atoms with Gasteiger partial charge in [-0.15, -0.1) is 0 Å². The molecule has 1 aromatic heterocycles. The first-order valence-electron chi connectivity index (χ1n) is 6.46. The fourth-order valence-corrected chi connectivity index (χ4v) is 2.93. The third kappa shape index (κ3) is 2.59. The molecule has 4 nitrogen and oxygen atoms in total. The van der Waals surface area contributed by atoms with Gasteiger partial charge in [0, 0.05) is 29.7 Å². The van der Waals surface area contributed by atoms with Crippen LogP contribution in [0, 0.1) is 0 Å². The molecule has 1 unspecified atom stereocenters. The van der Waals surface area contributed by atoms with Crippen molar-refractivity contribution in [1.29, 1.82) is 0 Å². The van der Waals surface area contributed by atoms with Crippen LogP contribution >= 0.6 is 15.9 Å². The zero-order valence-corrected chi connectivity index (χ0v) is 12.4. The van der Waals surface area contributed by atoms with Gasteiger partial charge in [-0.3, -0.25) is 4.90 Å². The van der Waals surface area contributed by atoms with Gasteiger partial charge in [-0.05, 0) is 13.1 Å². The van der Waals surface area contributed by atoms with E-state index in [-0.39, 0.29) is 0 Å². The number of H-pyrrole nitrogens is 1. The summed E-state index contributed by atoms with van der Waals surface area (Å²) in [6, 6.07) is 8.51. The van der Waals surface area contributed by atoms with Crippen LogP contribution in [-0.4, -0.2) is 41.5 Å². The monoisotopic (exact) mass is 320 g/mol. The summed E-state index contributed by atoms with van der Waals surface area (Å²) in [6.45, 7) is 3.04.